The molecule has 2 aromatic rings. The molecule has 0 bridgehead atoms. The number of carboxylic acid groups (broad SMARTS) is 1. The number of oxime groups is 1. The molecule has 0 aliphatic rings. The Bertz CT molecular complexity index is 745. The number of ether oxygens (including phenoxy) is 1. The molecule has 0 atom stereocenters. The second-order valence-corrected chi connectivity index (χ2v) is 5.13. The third-order valence-corrected chi connectivity index (χ3v) is 3.13. The maximum absolute atomic E-state index is 12.9. The van der Waals surface area contributed by atoms with Gasteiger partial charge in [0, 0.05) is 18.0 Å². The van der Waals surface area contributed by atoms with Crippen LogP contribution in [0, 0.1) is 0 Å². The fraction of sp³-hybridized carbons (Fsp3) is 0.312. The van der Waals surface area contributed by atoms with Crippen LogP contribution in [0.2, 0.25) is 0 Å². The van der Waals surface area contributed by atoms with E-state index in [1.807, 2.05) is 0 Å². The highest BCUT2D eigenvalue weighted by Gasteiger charge is 2.30. The van der Waals surface area contributed by atoms with Gasteiger partial charge in [0.1, 0.15) is 18.9 Å². The zero-order valence-electron chi connectivity index (χ0n) is 13.5. The smallest absolute Gasteiger partial charge is 0.416 e. The molecule has 1 N–H and O–H groups in total. The molecule has 1 aromatic heterocycles. The van der Waals surface area contributed by atoms with Crippen molar-refractivity contribution in [2.24, 2.45) is 5.16 Å². The van der Waals surface area contributed by atoms with E-state index < -0.39 is 24.3 Å². The molecule has 1 aromatic carbocycles. The van der Waals surface area contributed by atoms with E-state index in [9.17, 15) is 18.0 Å². The Balaban J connectivity index is 2.11. The van der Waals surface area contributed by atoms with Crippen molar-refractivity contribution in [1.29, 1.82) is 0 Å². The summed E-state index contributed by atoms with van der Waals surface area (Å²) in [7, 11) is 0. The SMILES string of the molecule is O=C(O)COCCO/N=C(\Cn1ccnc1)c1cccc(C(F)(F)F)c1. The van der Waals surface area contributed by atoms with E-state index >= 15 is 0 Å². The first-order chi connectivity index (χ1) is 12.4. The van der Waals surface area contributed by atoms with Crippen LogP contribution in [-0.2, 0) is 27.1 Å². The minimum Gasteiger partial charge on any atom is -0.480 e. The van der Waals surface area contributed by atoms with E-state index in [2.05, 4.69) is 10.1 Å². The number of alkyl halides is 3. The summed E-state index contributed by atoms with van der Waals surface area (Å²) in [6.07, 6.45) is 0.199. The normalized spacial score (nSPS) is 12.2. The van der Waals surface area contributed by atoms with Crippen molar-refractivity contribution >= 4 is 11.7 Å². The Hall–Kier alpha value is -2.88. The number of aromatic nitrogens is 2. The topological polar surface area (TPSA) is 85.9 Å². The predicted molar refractivity (Wildman–Crippen MR) is 84.6 cm³/mol. The molecule has 0 fully saturated rings. The van der Waals surface area contributed by atoms with Crippen LogP contribution in [0.4, 0.5) is 13.2 Å². The van der Waals surface area contributed by atoms with Crippen molar-refractivity contribution in [2.45, 2.75) is 12.7 Å². The van der Waals surface area contributed by atoms with Gasteiger partial charge in [0.15, 0.2) is 0 Å². The van der Waals surface area contributed by atoms with Gasteiger partial charge in [-0.05, 0) is 12.1 Å². The summed E-state index contributed by atoms with van der Waals surface area (Å²) >= 11 is 0. The molecule has 0 radical (unpaired) electrons. The van der Waals surface area contributed by atoms with Crippen molar-refractivity contribution in [1.82, 2.24) is 9.55 Å². The minimum absolute atomic E-state index is 0.0171. The molecule has 0 amide bonds. The van der Waals surface area contributed by atoms with Gasteiger partial charge in [-0.2, -0.15) is 13.2 Å². The van der Waals surface area contributed by atoms with Crippen molar-refractivity contribution in [3.63, 3.8) is 0 Å². The molecule has 1 heterocycles. The van der Waals surface area contributed by atoms with Gasteiger partial charge in [-0.3, -0.25) is 0 Å². The van der Waals surface area contributed by atoms with Crippen LogP contribution in [0.15, 0.2) is 48.1 Å². The highest BCUT2D eigenvalue weighted by Crippen LogP contribution is 2.29. The largest absolute Gasteiger partial charge is 0.480 e. The van der Waals surface area contributed by atoms with Crippen LogP contribution in [0.1, 0.15) is 11.1 Å². The molecule has 7 nitrogen and oxygen atoms in total. The zero-order valence-corrected chi connectivity index (χ0v) is 13.5. The molecule has 26 heavy (non-hydrogen) atoms. The summed E-state index contributed by atoms with van der Waals surface area (Å²) in [5.41, 5.74) is -0.287. The molecule has 0 saturated heterocycles. The summed E-state index contributed by atoms with van der Waals surface area (Å²) < 4.78 is 45.2. The van der Waals surface area contributed by atoms with Crippen LogP contribution in [0.5, 0.6) is 0 Å². The number of carboxylic acids is 1. The average Bonchev–Trinajstić information content (AvgIpc) is 3.09. The number of hydrogen-bond acceptors (Lipinski definition) is 5. The molecule has 0 aliphatic heterocycles. The number of carbonyl (C=O) groups is 1. The molecule has 2 rings (SSSR count). The van der Waals surface area contributed by atoms with Crippen LogP contribution in [-0.4, -0.2) is 46.2 Å². The lowest BCUT2D eigenvalue weighted by Crippen LogP contribution is -2.14. The third kappa shape index (κ3) is 6.20. The molecule has 0 saturated carbocycles. The first kappa shape index (κ1) is 19.4. The lowest BCUT2D eigenvalue weighted by molar-refractivity contribution is -0.142. The molecule has 10 heteroatoms. The number of nitrogens with zero attached hydrogens (tertiary/aromatic N) is 3. The first-order valence-electron chi connectivity index (χ1n) is 7.48. The molecular weight excluding hydrogens is 355 g/mol. The molecular formula is C16H16F3N3O4. The summed E-state index contributed by atoms with van der Waals surface area (Å²) in [4.78, 5) is 19.3. The minimum atomic E-state index is -4.47. The summed E-state index contributed by atoms with van der Waals surface area (Å²) in [5.74, 6) is -1.11. The lowest BCUT2D eigenvalue weighted by atomic mass is 10.1. The zero-order chi connectivity index (χ0) is 19.0. The maximum atomic E-state index is 12.9. The second kappa shape index (κ2) is 8.99. The third-order valence-electron chi connectivity index (χ3n) is 3.13. The average molecular weight is 371 g/mol. The Morgan fingerprint density at radius 1 is 1.31 bits per heavy atom. The van der Waals surface area contributed by atoms with Crippen molar-refractivity contribution in [3.8, 4) is 0 Å². The maximum Gasteiger partial charge on any atom is 0.416 e. The van der Waals surface area contributed by atoms with Crippen molar-refractivity contribution < 1.29 is 32.6 Å². The number of hydrogen-bond donors (Lipinski definition) is 1. The predicted octanol–water partition coefficient (Wildman–Crippen LogP) is 2.42. The lowest BCUT2D eigenvalue weighted by Gasteiger charge is -2.11. The number of imidazole rings is 1. The monoisotopic (exact) mass is 371 g/mol. The van der Waals surface area contributed by atoms with E-state index in [4.69, 9.17) is 14.7 Å². The Labute approximate surface area is 146 Å². The second-order valence-electron chi connectivity index (χ2n) is 5.13. The molecule has 0 unspecified atom stereocenters. The van der Waals surface area contributed by atoms with Gasteiger partial charge in [-0.1, -0.05) is 17.3 Å². The van der Waals surface area contributed by atoms with E-state index in [1.54, 1.807) is 10.8 Å². The molecule has 0 aliphatic carbocycles. The highest BCUT2D eigenvalue weighted by molar-refractivity contribution is 6.00. The number of benzene rings is 1. The van der Waals surface area contributed by atoms with Crippen molar-refractivity contribution in [3.05, 3.63) is 54.1 Å². The molecule has 140 valence electrons. The number of aliphatic carboxylic acids is 1. The Kier molecular flexibility index (Phi) is 6.73. The van der Waals surface area contributed by atoms with E-state index in [1.165, 1.54) is 24.7 Å². The van der Waals surface area contributed by atoms with Gasteiger partial charge in [0.2, 0.25) is 0 Å². The standard InChI is InChI=1S/C16H16F3N3O4/c17-16(18,19)13-3-1-2-12(8-13)14(9-22-5-4-20-11-22)21-26-7-6-25-10-15(23)24/h1-5,8,11H,6-7,9-10H2,(H,23,24)/b21-14+. The van der Waals surface area contributed by atoms with Crippen LogP contribution >= 0.6 is 0 Å². The fourth-order valence-electron chi connectivity index (χ4n) is 1.98. The highest BCUT2D eigenvalue weighted by atomic mass is 19.4. The number of rotatable bonds is 9. The van der Waals surface area contributed by atoms with Gasteiger partial charge in [0.05, 0.1) is 25.0 Å². The Morgan fingerprint density at radius 3 is 2.77 bits per heavy atom. The van der Waals surface area contributed by atoms with Crippen LogP contribution in [0.25, 0.3) is 0 Å². The summed E-state index contributed by atoms with van der Waals surface area (Å²) in [5, 5.41) is 12.3. The fourth-order valence-corrected chi connectivity index (χ4v) is 1.98. The van der Waals surface area contributed by atoms with Gasteiger partial charge in [0.25, 0.3) is 0 Å². The first-order valence-corrected chi connectivity index (χ1v) is 7.48. The van der Waals surface area contributed by atoms with Gasteiger partial charge in [-0.25, -0.2) is 9.78 Å². The molecule has 0 spiro atoms. The number of halogens is 3. The summed E-state index contributed by atoms with van der Waals surface area (Å²) in [6, 6.07) is 4.74. The summed E-state index contributed by atoms with van der Waals surface area (Å²) in [6.45, 7) is -0.379. The van der Waals surface area contributed by atoms with Gasteiger partial charge in [-0.15, -0.1) is 0 Å². The van der Waals surface area contributed by atoms with E-state index in [-0.39, 0.29) is 31.0 Å². The quantitative estimate of drug-likeness (QED) is 0.416. The van der Waals surface area contributed by atoms with E-state index in [0.717, 1.165) is 12.1 Å². The van der Waals surface area contributed by atoms with Gasteiger partial charge >= 0.3 is 12.1 Å². The van der Waals surface area contributed by atoms with E-state index in [0.29, 0.717) is 0 Å². The van der Waals surface area contributed by atoms with Crippen LogP contribution < -0.4 is 0 Å². The Morgan fingerprint density at radius 2 is 2.12 bits per heavy atom. The van der Waals surface area contributed by atoms with Gasteiger partial charge < -0.3 is 19.2 Å². The van der Waals surface area contributed by atoms with Crippen molar-refractivity contribution in [2.75, 3.05) is 19.8 Å². The van der Waals surface area contributed by atoms with Crippen LogP contribution in [0.3, 0.4) is 0 Å².